The van der Waals surface area contributed by atoms with E-state index in [4.69, 9.17) is 4.42 Å². The number of fused-ring (bicyclic) bond motifs is 1. The van der Waals surface area contributed by atoms with Gasteiger partial charge in [-0.2, -0.15) is 0 Å². The highest BCUT2D eigenvalue weighted by atomic mass is 16.4. The van der Waals surface area contributed by atoms with Gasteiger partial charge in [0.2, 0.25) is 11.8 Å². The Bertz CT molecular complexity index is 764. The minimum atomic E-state index is -0.650. The minimum Gasteiger partial charge on any atom is -0.423 e. The van der Waals surface area contributed by atoms with Gasteiger partial charge in [-0.05, 0) is 31.5 Å². The lowest BCUT2D eigenvalue weighted by Crippen LogP contribution is -2.40. The zero-order valence-electron chi connectivity index (χ0n) is 12.0. The predicted octanol–water partition coefficient (Wildman–Crippen LogP) is 1.56. The Morgan fingerprint density at radius 1 is 1.24 bits per heavy atom. The van der Waals surface area contributed by atoms with Gasteiger partial charge < -0.3 is 15.1 Å². The van der Waals surface area contributed by atoms with Crippen molar-refractivity contribution in [2.75, 3.05) is 5.32 Å². The second-order valence-electron chi connectivity index (χ2n) is 4.87. The lowest BCUT2D eigenvalue weighted by Gasteiger charge is -2.13. The average Bonchev–Trinajstić information content (AvgIpc) is 2.37. The van der Waals surface area contributed by atoms with Crippen molar-refractivity contribution in [3.05, 3.63) is 40.2 Å². The van der Waals surface area contributed by atoms with Gasteiger partial charge in [0.15, 0.2) is 0 Å². The SMILES string of the molecule is CC(=O)NC(C)C(=O)Nc1ccc2c(C)cc(=O)oc2c1. The van der Waals surface area contributed by atoms with Crippen LogP contribution in [0.15, 0.2) is 33.5 Å². The maximum Gasteiger partial charge on any atom is 0.336 e. The number of carbonyl (C=O) groups is 2. The Balaban J connectivity index is 2.25. The van der Waals surface area contributed by atoms with Crippen LogP contribution < -0.4 is 16.3 Å². The first-order chi connectivity index (χ1) is 9.86. The molecule has 6 nitrogen and oxygen atoms in total. The summed E-state index contributed by atoms with van der Waals surface area (Å²) >= 11 is 0. The van der Waals surface area contributed by atoms with Crippen LogP contribution in [-0.2, 0) is 9.59 Å². The van der Waals surface area contributed by atoms with Crippen molar-refractivity contribution in [1.82, 2.24) is 5.32 Å². The normalized spacial score (nSPS) is 12.0. The molecular formula is C15H16N2O4. The van der Waals surface area contributed by atoms with E-state index in [1.807, 2.05) is 6.92 Å². The Hall–Kier alpha value is -2.63. The van der Waals surface area contributed by atoms with Crippen LogP contribution in [0.3, 0.4) is 0 Å². The number of aryl methyl sites for hydroxylation is 1. The molecular weight excluding hydrogens is 272 g/mol. The van der Waals surface area contributed by atoms with Crippen LogP contribution >= 0.6 is 0 Å². The lowest BCUT2D eigenvalue weighted by molar-refractivity contribution is -0.124. The molecule has 0 saturated heterocycles. The van der Waals surface area contributed by atoms with Crippen molar-refractivity contribution in [3.63, 3.8) is 0 Å². The summed E-state index contributed by atoms with van der Waals surface area (Å²) in [4.78, 5) is 34.2. The molecule has 0 fully saturated rings. The molecule has 0 saturated carbocycles. The molecule has 0 aliphatic carbocycles. The summed E-state index contributed by atoms with van der Waals surface area (Å²) in [7, 11) is 0. The molecule has 1 aromatic carbocycles. The van der Waals surface area contributed by atoms with E-state index in [1.54, 1.807) is 25.1 Å². The average molecular weight is 288 g/mol. The molecule has 1 aromatic heterocycles. The van der Waals surface area contributed by atoms with E-state index < -0.39 is 11.7 Å². The molecule has 0 aliphatic rings. The summed E-state index contributed by atoms with van der Waals surface area (Å²) in [5, 5.41) is 5.96. The second kappa shape index (κ2) is 5.78. The van der Waals surface area contributed by atoms with E-state index in [1.165, 1.54) is 13.0 Å². The van der Waals surface area contributed by atoms with Gasteiger partial charge in [-0.1, -0.05) is 0 Å². The molecule has 1 unspecified atom stereocenters. The summed E-state index contributed by atoms with van der Waals surface area (Å²) in [5.41, 5.74) is 1.28. The number of hydrogen-bond acceptors (Lipinski definition) is 4. The van der Waals surface area contributed by atoms with Crippen LogP contribution in [0.1, 0.15) is 19.4 Å². The van der Waals surface area contributed by atoms with Crippen LogP contribution in [0.5, 0.6) is 0 Å². The first-order valence-electron chi connectivity index (χ1n) is 6.49. The number of carbonyl (C=O) groups excluding carboxylic acids is 2. The van der Waals surface area contributed by atoms with Crippen LogP contribution in [0, 0.1) is 6.92 Å². The molecule has 0 aliphatic heterocycles. The standard InChI is InChI=1S/C15H16N2O4/c1-8-6-14(19)21-13-7-11(4-5-12(8)13)17-15(20)9(2)16-10(3)18/h4-7,9H,1-3H3,(H,16,18)(H,17,20). The maximum atomic E-state index is 11.9. The summed E-state index contributed by atoms with van der Waals surface area (Å²) in [6.07, 6.45) is 0. The van der Waals surface area contributed by atoms with Gasteiger partial charge in [0.1, 0.15) is 11.6 Å². The van der Waals surface area contributed by atoms with Crippen LogP contribution in [0.2, 0.25) is 0 Å². The highest BCUT2D eigenvalue weighted by Crippen LogP contribution is 2.20. The van der Waals surface area contributed by atoms with Gasteiger partial charge in [-0.15, -0.1) is 0 Å². The zero-order chi connectivity index (χ0) is 15.6. The van der Waals surface area contributed by atoms with E-state index in [-0.39, 0.29) is 11.8 Å². The second-order valence-corrected chi connectivity index (χ2v) is 4.87. The third kappa shape index (κ3) is 3.47. The van der Waals surface area contributed by atoms with Crippen LogP contribution in [0.25, 0.3) is 11.0 Å². The number of benzene rings is 1. The first kappa shape index (κ1) is 14.8. The van der Waals surface area contributed by atoms with Gasteiger partial charge in [-0.25, -0.2) is 4.79 Å². The topological polar surface area (TPSA) is 88.4 Å². The highest BCUT2D eigenvalue weighted by molar-refractivity contribution is 5.98. The molecule has 0 bridgehead atoms. The first-order valence-corrected chi connectivity index (χ1v) is 6.49. The monoisotopic (exact) mass is 288 g/mol. The fraction of sp³-hybridized carbons (Fsp3) is 0.267. The molecule has 1 heterocycles. The molecule has 110 valence electrons. The van der Waals surface area contributed by atoms with Crippen molar-refractivity contribution in [1.29, 1.82) is 0 Å². The van der Waals surface area contributed by atoms with Crippen LogP contribution in [-0.4, -0.2) is 17.9 Å². The van der Waals surface area contributed by atoms with E-state index >= 15 is 0 Å². The molecule has 2 N–H and O–H groups in total. The number of anilines is 1. The molecule has 0 spiro atoms. The third-order valence-electron chi connectivity index (χ3n) is 3.03. The molecule has 1 atom stereocenters. The molecule has 2 aromatic rings. The molecule has 6 heteroatoms. The Morgan fingerprint density at radius 3 is 2.62 bits per heavy atom. The summed E-state index contributed by atoms with van der Waals surface area (Å²) in [6, 6.07) is 5.84. The van der Waals surface area contributed by atoms with Crippen molar-refractivity contribution >= 4 is 28.5 Å². The third-order valence-corrected chi connectivity index (χ3v) is 3.03. The van der Waals surface area contributed by atoms with Crippen molar-refractivity contribution in [2.45, 2.75) is 26.8 Å². The van der Waals surface area contributed by atoms with Gasteiger partial charge in [0.25, 0.3) is 0 Å². The number of nitrogens with one attached hydrogen (secondary N) is 2. The fourth-order valence-electron chi connectivity index (χ4n) is 2.02. The summed E-state index contributed by atoms with van der Waals surface area (Å²) in [6.45, 7) is 4.75. The molecule has 0 radical (unpaired) electrons. The van der Waals surface area contributed by atoms with E-state index in [2.05, 4.69) is 10.6 Å². The Morgan fingerprint density at radius 2 is 1.95 bits per heavy atom. The number of hydrogen-bond donors (Lipinski definition) is 2. The smallest absolute Gasteiger partial charge is 0.336 e. The van der Waals surface area contributed by atoms with Gasteiger partial charge in [-0.3, -0.25) is 9.59 Å². The van der Waals surface area contributed by atoms with Gasteiger partial charge >= 0.3 is 5.63 Å². The van der Waals surface area contributed by atoms with E-state index in [0.29, 0.717) is 11.3 Å². The number of rotatable bonds is 3. The van der Waals surface area contributed by atoms with E-state index in [9.17, 15) is 14.4 Å². The Labute approximate surface area is 121 Å². The summed E-state index contributed by atoms with van der Waals surface area (Å²) < 4.78 is 5.11. The number of amides is 2. The van der Waals surface area contributed by atoms with Crippen molar-refractivity contribution in [3.8, 4) is 0 Å². The van der Waals surface area contributed by atoms with Gasteiger partial charge in [0.05, 0.1) is 0 Å². The van der Waals surface area contributed by atoms with E-state index in [0.717, 1.165) is 10.9 Å². The Kier molecular flexibility index (Phi) is 4.07. The quantitative estimate of drug-likeness (QED) is 0.839. The molecule has 2 amide bonds. The summed E-state index contributed by atoms with van der Waals surface area (Å²) in [5.74, 6) is -0.627. The maximum absolute atomic E-state index is 11.9. The highest BCUT2D eigenvalue weighted by Gasteiger charge is 2.14. The van der Waals surface area contributed by atoms with Crippen LogP contribution in [0.4, 0.5) is 5.69 Å². The van der Waals surface area contributed by atoms with Crippen molar-refractivity contribution in [2.24, 2.45) is 0 Å². The largest absolute Gasteiger partial charge is 0.423 e. The van der Waals surface area contributed by atoms with Crippen molar-refractivity contribution < 1.29 is 14.0 Å². The predicted molar refractivity (Wildman–Crippen MR) is 79.1 cm³/mol. The molecule has 2 rings (SSSR count). The minimum absolute atomic E-state index is 0.280. The van der Waals surface area contributed by atoms with Gasteiger partial charge in [0, 0.05) is 30.1 Å². The fourth-order valence-corrected chi connectivity index (χ4v) is 2.02. The lowest BCUT2D eigenvalue weighted by atomic mass is 10.1. The molecule has 21 heavy (non-hydrogen) atoms. The zero-order valence-corrected chi connectivity index (χ0v) is 12.0.